The van der Waals surface area contributed by atoms with E-state index in [1.165, 1.54) is 12.8 Å². The number of nitrogens with zero attached hydrogens (tertiary/aromatic N) is 5. The van der Waals surface area contributed by atoms with Crippen molar-refractivity contribution in [2.24, 2.45) is 5.41 Å². The van der Waals surface area contributed by atoms with Crippen molar-refractivity contribution >= 4 is 5.91 Å². The molecule has 0 spiro atoms. The lowest BCUT2D eigenvalue weighted by atomic mass is 9.86. The van der Waals surface area contributed by atoms with E-state index in [4.69, 9.17) is 9.51 Å². The third-order valence-electron chi connectivity index (χ3n) is 6.85. The maximum atomic E-state index is 13.8. The lowest BCUT2D eigenvalue weighted by molar-refractivity contribution is 0.0872. The molecule has 1 N–H and O–H groups in total. The van der Waals surface area contributed by atoms with E-state index in [1.807, 2.05) is 39.0 Å². The van der Waals surface area contributed by atoms with Crippen LogP contribution in [0.15, 0.2) is 34.9 Å². The van der Waals surface area contributed by atoms with Crippen molar-refractivity contribution in [1.82, 2.24) is 29.9 Å². The molecule has 8 nitrogen and oxygen atoms in total. The molecule has 1 unspecified atom stereocenters. The highest BCUT2D eigenvalue weighted by atomic mass is 16.5. The summed E-state index contributed by atoms with van der Waals surface area (Å²) in [4.78, 5) is 25.8. The first-order valence-electron chi connectivity index (χ1n) is 12.6. The molecule has 5 rings (SSSR count). The SMILES string of the molecule is CC(C)(C)c1noc(C(NC(=O)c2nc(-c3ccccc3)n3c2CN(C2CC2)CC3)C(C)(C)C)n1. The minimum atomic E-state index is -0.445. The fourth-order valence-electron chi connectivity index (χ4n) is 4.63. The van der Waals surface area contributed by atoms with Crippen LogP contribution in [0, 0.1) is 5.41 Å². The summed E-state index contributed by atoms with van der Waals surface area (Å²) in [7, 11) is 0. The lowest BCUT2D eigenvalue weighted by Gasteiger charge is -2.30. The molecule has 1 atom stereocenters. The number of nitrogens with one attached hydrogen (secondary N) is 1. The van der Waals surface area contributed by atoms with Crippen LogP contribution >= 0.6 is 0 Å². The zero-order valence-electron chi connectivity index (χ0n) is 21.6. The topological polar surface area (TPSA) is 89.1 Å². The molecule has 0 bridgehead atoms. The Morgan fingerprint density at radius 1 is 1.06 bits per heavy atom. The number of carbonyl (C=O) groups excluding carboxylic acids is 1. The van der Waals surface area contributed by atoms with Gasteiger partial charge in [0.05, 0.1) is 5.69 Å². The van der Waals surface area contributed by atoms with Crippen LogP contribution in [-0.4, -0.2) is 43.1 Å². The first kappa shape index (κ1) is 23.7. The number of hydrogen-bond acceptors (Lipinski definition) is 6. The zero-order valence-corrected chi connectivity index (χ0v) is 21.6. The minimum Gasteiger partial charge on any atom is -0.338 e. The van der Waals surface area contributed by atoms with Gasteiger partial charge >= 0.3 is 0 Å². The van der Waals surface area contributed by atoms with Crippen LogP contribution in [0.5, 0.6) is 0 Å². The van der Waals surface area contributed by atoms with E-state index in [0.717, 1.165) is 36.7 Å². The Kier molecular flexibility index (Phi) is 5.82. The Morgan fingerprint density at radius 2 is 1.77 bits per heavy atom. The molecule has 2 aromatic heterocycles. The summed E-state index contributed by atoms with van der Waals surface area (Å²) in [5.41, 5.74) is 1.91. The predicted octanol–water partition coefficient (Wildman–Crippen LogP) is 4.73. The summed E-state index contributed by atoms with van der Waals surface area (Å²) in [5, 5.41) is 7.39. The Hall–Kier alpha value is -3.00. The normalized spacial score (nSPS) is 17.8. The summed E-state index contributed by atoms with van der Waals surface area (Å²) in [6, 6.07) is 10.3. The zero-order chi connectivity index (χ0) is 25.0. The van der Waals surface area contributed by atoms with Crippen molar-refractivity contribution in [2.75, 3.05) is 6.54 Å². The molecule has 1 saturated carbocycles. The maximum Gasteiger partial charge on any atom is 0.272 e. The first-order valence-corrected chi connectivity index (χ1v) is 12.6. The largest absolute Gasteiger partial charge is 0.338 e. The smallest absolute Gasteiger partial charge is 0.272 e. The Labute approximate surface area is 207 Å². The van der Waals surface area contributed by atoms with E-state index in [2.05, 4.69) is 57.8 Å². The number of imidazole rings is 1. The number of carbonyl (C=O) groups is 1. The highest BCUT2D eigenvalue weighted by Crippen LogP contribution is 2.36. The number of amides is 1. The van der Waals surface area contributed by atoms with Crippen molar-refractivity contribution in [3.05, 3.63) is 53.4 Å². The molecule has 0 saturated heterocycles. The number of rotatable bonds is 5. The first-order chi connectivity index (χ1) is 16.5. The van der Waals surface area contributed by atoms with Crippen LogP contribution < -0.4 is 5.32 Å². The van der Waals surface area contributed by atoms with Crippen LogP contribution in [0.1, 0.15) is 88.3 Å². The number of fused-ring (bicyclic) bond motifs is 1. The summed E-state index contributed by atoms with van der Waals surface area (Å²) >= 11 is 0. The standard InChI is InChI=1S/C27H36N6O2/c1-26(2,3)21(24-30-25(31-35-24)27(4,5)6)29-23(34)20-19-16-32(18-12-13-18)14-15-33(19)22(28-20)17-10-8-7-9-11-17/h7-11,18,21H,12-16H2,1-6H3,(H,29,34). The van der Waals surface area contributed by atoms with Gasteiger partial charge in [-0.1, -0.05) is 77.0 Å². The van der Waals surface area contributed by atoms with Gasteiger partial charge in [-0.3, -0.25) is 9.69 Å². The molecule has 2 aliphatic rings. The Bertz CT molecular complexity index is 1210. The molecule has 0 radical (unpaired) electrons. The molecule has 1 aliphatic carbocycles. The third kappa shape index (κ3) is 4.76. The average molecular weight is 477 g/mol. The van der Waals surface area contributed by atoms with E-state index in [9.17, 15) is 4.79 Å². The molecule has 1 amide bonds. The van der Waals surface area contributed by atoms with Crippen molar-refractivity contribution in [1.29, 1.82) is 0 Å². The highest BCUT2D eigenvalue weighted by Gasteiger charge is 2.38. The monoisotopic (exact) mass is 476 g/mol. The third-order valence-corrected chi connectivity index (χ3v) is 6.85. The van der Waals surface area contributed by atoms with Gasteiger partial charge in [0, 0.05) is 36.7 Å². The predicted molar refractivity (Wildman–Crippen MR) is 134 cm³/mol. The van der Waals surface area contributed by atoms with Crippen LogP contribution in [0.3, 0.4) is 0 Å². The highest BCUT2D eigenvalue weighted by molar-refractivity contribution is 5.94. The van der Waals surface area contributed by atoms with Gasteiger partial charge in [0.25, 0.3) is 5.91 Å². The summed E-state index contributed by atoms with van der Waals surface area (Å²) in [6.45, 7) is 14.9. The Morgan fingerprint density at radius 3 is 2.37 bits per heavy atom. The summed E-state index contributed by atoms with van der Waals surface area (Å²) < 4.78 is 7.87. The average Bonchev–Trinajstić information content (AvgIpc) is 3.40. The lowest BCUT2D eigenvalue weighted by Crippen LogP contribution is -2.39. The molecule has 3 heterocycles. The summed E-state index contributed by atoms with van der Waals surface area (Å²) in [6.07, 6.45) is 2.47. The van der Waals surface area contributed by atoms with Crippen LogP contribution in [0.4, 0.5) is 0 Å². The molecule has 186 valence electrons. The van der Waals surface area contributed by atoms with Crippen LogP contribution in [-0.2, 0) is 18.5 Å². The second-order valence-corrected chi connectivity index (χ2v) is 11.9. The van der Waals surface area contributed by atoms with Gasteiger partial charge in [-0.2, -0.15) is 4.98 Å². The fourth-order valence-corrected chi connectivity index (χ4v) is 4.63. The molecule has 1 fully saturated rings. The molecule has 8 heteroatoms. The summed E-state index contributed by atoms with van der Waals surface area (Å²) in [5.74, 6) is 1.69. The van der Waals surface area contributed by atoms with Crippen molar-refractivity contribution in [3.63, 3.8) is 0 Å². The second-order valence-electron chi connectivity index (χ2n) is 11.9. The van der Waals surface area contributed by atoms with E-state index < -0.39 is 6.04 Å². The maximum absolute atomic E-state index is 13.8. The van der Waals surface area contributed by atoms with Gasteiger partial charge in [-0.05, 0) is 18.3 Å². The van der Waals surface area contributed by atoms with Gasteiger partial charge in [-0.15, -0.1) is 0 Å². The molecular weight excluding hydrogens is 440 g/mol. The van der Waals surface area contributed by atoms with Gasteiger partial charge in [0.1, 0.15) is 11.9 Å². The minimum absolute atomic E-state index is 0.205. The quantitative estimate of drug-likeness (QED) is 0.573. The molecule has 1 aliphatic heterocycles. The van der Waals surface area contributed by atoms with Crippen molar-refractivity contribution < 1.29 is 9.32 Å². The molecule has 35 heavy (non-hydrogen) atoms. The second kappa shape index (κ2) is 8.59. The van der Waals surface area contributed by atoms with Gasteiger partial charge in [0.2, 0.25) is 5.89 Å². The van der Waals surface area contributed by atoms with Crippen LogP contribution in [0.25, 0.3) is 11.4 Å². The number of aromatic nitrogens is 4. The number of hydrogen-bond donors (Lipinski definition) is 1. The van der Waals surface area contributed by atoms with Gasteiger partial charge in [-0.25, -0.2) is 4.98 Å². The van der Waals surface area contributed by atoms with E-state index >= 15 is 0 Å². The van der Waals surface area contributed by atoms with Crippen molar-refractivity contribution in [3.8, 4) is 11.4 Å². The van der Waals surface area contributed by atoms with Gasteiger partial charge < -0.3 is 14.4 Å². The molecule has 1 aromatic carbocycles. The van der Waals surface area contributed by atoms with E-state index in [-0.39, 0.29) is 16.7 Å². The van der Waals surface area contributed by atoms with Crippen LogP contribution in [0.2, 0.25) is 0 Å². The Balaban J connectivity index is 1.50. The molecular formula is C27H36N6O2. The van der Waals surface area contributed by atoms with E-state index in [0.29, 0.717) is 23.5 Å². The van der Waals surface area contributed by atoms with E-state index in [1.54, 1.807) is 0 Å². The molecule has 3 aromatic rings. The number of benzene rings is 1. The fraction of sp³-hybridized carbons (Fsp3) is 0.556. The van der Waals surface area contributed by atoms with Gasteiger partial charge in [0.15, 0.2) is 11.5 Å². The van der Waals surface area contributed by atoms with Crippen molar-refractivity contribution in [2.45, 2.75) is 85.0 Å².